The first-order valence-corrected chi connectivity index (χ1v) is 4.97. The summed E-state index contributed by atoms with van der Waals surface area (Å²) < 4.78 is 0. The Bertz CT molecular complexity index is 593. The molecule has 0 spiro atoms. The third-order valence-corrected chi connectivity index (χ3v) is 2.48. The van der Waals surface area contributed by atoms with Crippen molar-refractivity contribution >= 4 is 22.2 Å². The molecule has 2 rings (SSSR count). The van der Waals surface area contributed by atoms with E-state index in [2.05, 4.69) is 5.92 Å². The molecule has 0 aliphatic heterocycles. The van der Waals surface area contributed by atoms with Gasteiger partial charge in [0.15, 0.2) is 5.78 Å². The Hall–Kier alpha value is -2.27. The Morgan fingerprint density at radius 2 is 1.88 bits per heavy atom. The zero-order valence-corrected chi connectivity index (χ0v) is 8.73. The van der Waals surface area contributed by atoms with Gasteiger partial charge in [-0.05, 0) is 22.9 Å². The van der Waals surface area contributed by atoms with Crippen LogP contribution in [0.2, 0.25) is 0 Å². The molecule has 0 aliphatic carbocycles. The molecule has 2 N–H and O–H groups in total. The van der Waals surface area contributed by atoms with E-state index >= 15 is 0 Å². The first-order valence-electron chi connectivity index (χ1n) is 4.97. The molecule has 0 amide bonds. The molecule has 2 nitrogen and oxygen atoms in total. The lowest BCUT2D eigenvalue weighted by atomic mass is 10.0. The molecule has 2 heteroatoms. The van der Waals surface area contributed by atoms with Crippen LogP contribution in [-0.4, -0.2) is 5.78 Å². The average molecular weight is 209 g/mol. The first kappa shape index (κ1) is 10.3. The summed E-state index contributed by atoms with van der Waals surface area (Å²) in [5.74, 6) is 2.23. The molecule has 78 valence electrons. The summed E-state index contributed by atoms with van der Waals surface area (Å²) in [6.07, 6.45) is 5.20. The van der Waals surface area contributed by atoms with Crippen LogP contribution in [0.5, 0.6) is 0 Å². The van der Waals surface area contributed by atoms with Crippen LogP contribution in [0.4, 0.5) is 5.69 Å². The smallest absolute Gasteiger partial charge is 0.176 e. The van der Waals surface area contributed by atoms with Crippen molar-refractivity contribution < 1.29 is 4.79 Å². The van der Waals surface area contributed by atoms with Gasteiger partial charge in [-0.25, -0.2) is 0 Å². The fourth-order valence-corrected chi connectivity index (χ4v) is 1.69. The van der Waals surface area contributed by atoms with Crippen LogP contribution in [0.3, 0.4) is 0 Å². The van der Waals surface area contributed by atoms with Crippen molar-refractivity contribution in [3.63, 3.8) is 0 Å². The zero-order valence-electron chi connectivity index (χ0n) is 8.73. The molecular weight excluding hydrogens is 198 g/mol. The van der Waals surface area contributed by atoms with Gasteiger partial charge in [-0.1, -0.05) is 30.2 Å². The van der Waals surface area contributed by atoms with E-state index in [1.807, 2.05) is 24.3 Å². The van der Waals surface area contributed by atoms with Crippen LogP contribution in [0.15, 0.2) is 36.4 Å². The molecule has 16 heavy (non-hydrogen) atoms. The fourth-order valence-electron chi connectivity index (χ4n) is 1.69. The third-order valence-electron chi connectivity index (χ3n) is 2.48. The lowest BCUT2D eigenvalue weighted by Crippen LogP contribution is -2.02. The summed E-state index contributed by atoms with van der Waals surface area (Å²) in [7, 11) is 0. The molecule has 0 fully saturated rings. The Kier molecular flexibility index (Phi) is 2.61. The Morgan fingerprint density at radius 1 is 1.25 bits per heavy atom. The summed E-state index contributed by atoms with van der Waals surface area (Å²) in [4.78, 5) is 11.7. The third kappa shape index (κ3) is 1.76. The lowest BCUT2D eigenvalue weighted by molar-refractivity contribution is 0.0999. The zero-order chi connectivity index (χ0) is 11.5. The van der Waals surface area contributed by atoms with Crippen LogP contribution in [-0.2, 0) is 0 Å². The van der Waals surface area contributed by atoms with Crippen molar-refractivity contribution in [3.8, 4) is 12.3 Å². The maximum absolute atomic E-state index is 11.7. The van der Waals surface area contributed by atoms with Crippen LogP contribution in [0, 0.1) is 12.3 Å². The van der Waals surface area contributed by atoms with Gasteiger partial charge in [-0.2, -0.15) is 0 Å². The molecule has 0 atom stereocenters. The summed E-state index contributed by atoms with van der Waals surface area (Å²) in [6, 6.07) is 11.4. The molecule has 0 unspecified atom stereocenters. The Balaban J connectivity index is 2.59. The minimum Gasteiger partial charge on any atom is -0.398 e. The van der Waals surface area contributed by atoms with E-state index < -0.39 is 0 Å². The molecule has 0 bridgehead atoms. The van der Waals surface area contributed by atoms with E-state index in [-0.39, 0.29) is 12.2 Å². The van der Waals surface area contributed by atoms with Crippen molar-refractivity contribution in [2.75, 3.05) is 5.73 Å². The molecular formula is C14H11NO. The number of rotatable bonds is 2. The van der Waals surface area contributed by atoms with Crippen molar-refractivity contribution in [3.05, 3.63) is 42.0 Å². The van der Waals surface area contributed by atoms with Gasteiger partial charge < -0.3 is 5.73 Å². The quantitative estimate of drug-likeness (QED) is 0.469. The standard InChI is InChI=1S/C14H11NO/c1-2-5-14(16)12-8-10-6-3-4-7-11(10)9-13(12)15/h1,3-4,6-9H,5,15H2. The Labute approximate surface area is 94.1 Å². The maximum Gasteiger partial charge on any atom is 0.176 e. The van der Waals surface area contributed by atoms with E-state index in [1.54, 1.807) is 12.1 Å². The van der Waals surface area contributed by atoms with Gasteiger partial charge >= 0.3 is 0 Å². The number of nitrogen functional groups attached to an aromatic ring is 1. The molecule has 0 heterocycles. The molecule has 0 aliphatic rings. The predicted molar refractivity (Wildman–Crippen MR) is 66.1 cm³/mol. The van der Waals surface area contributed by atoms with E-state index in [0.29, 0.717) is 11.3 Å². The van der Waals surface area contributed by atoms with Crippen LogP contribution in [0.25, 0.3) is 10.8 Å². The SMILES string of the molecule is C#CCC(=O)c1cc2ccccc2cc1N. The summed E-state index contributed by atoms with van der Waals surface area (Å²) >= 11 is 0. The minimum atomic E-state index is -0.106. The Morgan fingerprint density at radius 3 is 2.50 bits per heavy atom. The number of terminal acetylenes is 1. The number of fused-ring (bicyclic) bond motifs is 1. The number of carbonyl (C=O) groups is 1. The second-order valence-electron chi connectivity index (χ2n) is 3.59. The minimum absolute atomic E-state index is 0.0859. The number of anilines is 1. The number of hydrogen-bond donors (Lipinski definition) is 1. The van der Waals surface area contributed by atoms with Gasteiger partial charge in [0.25, 0.3) is 0 Å². The first-order chi connectivity index (χ1) is 7.72. The lowest BCUT2D eigenvalue weighted by Gasteiger charge is -2.05. The van der Waals surface area contributed by atoms with Gasteiger partial charge in [0.2, 0.25) is 0 Å². The second kappa shape index (κ2) is 4.08. The van der Waals surface area contributed by atoms with Gasteiger partial charge in [0.1, 0.15) is 0 Å². The van der Waals surface area contributed by atoms with Gasteiger partial charge in [0, 0.05) is 11.3 Å². The normalized spacial score (nSPS) is 9.94. The average Bonchev–Trinajstić information content (AvgIpc) is 2.28. The van der Waals surface area contributed by atoms with Crippen LogP contribution >= 0.6 is 0 Å². The fraction of sp³-hybridized carbons (Fsp3) is 0.0714. The van der Waals surface area contributed by atoms with Crippen LogP contribution < -0.4 is 5.73 Å². The van der Waals surface area contributed by atoms with E-state index in [1.165, 1.54) is 0 Å². The van der Waals surface area contributed by atoms with Gasteiger partial charge in [-0.15, -0.1) is 6.42 Å². The maximum atomic E-state index is 11.7. The number of carbonyl (C=O) groups excluding carboxylic acids is 1. The summed E-state index contributed by atoms with van der Waals surface area (Å²) in [6.45, 7) is 0. The highest BCUT2D eigenvalue weighted by Gasteiger charge is 2.09. The molecule has 0 saturated heterocycles. The number of hydrogen-bond acceptors (Lipinski definition) is 2. The van der Waals surface area contributed by atoms with Gasteiger partial charge in [0.05, 0.1) is 6.42 Å². The molecule has 0 radical (unpaired) electrons. The number of Topliss-reactive ketones (excluding diaryl/α,β-unsaturated/α-hetero) is 1. The monoisotopic (exact) mass is 209 g/mol. The number of ketones is 1. The van der Waals surface area contributed by atoms with E-state index in [4.69, 9.17) is 12.2 Å². The largest absolute Gasteiger partial charge is 0.398 e. The second-order valence-corrected chi connectivity index (χ2v) is 3.59. The predicted octanol–water partition coefficient (Wildman–Crippen LogP) is 2.63. The highest BCUT2D eigenvalue weighted by molar-refractivity contribution is 6.05. The topological polar surface area (TPSA) is 43.1 Å². The van der Waals surface area contributed by atoms with Crippen molar-refractivity contribution in [2.45, 2.75) is 6.42 Å². The highest BCUT2D eigenvalue weighted by Crippen LogP contribution is 2.22. The number of nitrogens with two attached hydrogens (primary N) is 1. The molecule has 2 aromatic carbocycles. The van der Waals surface area contributed by atoms with Crippen molar-refractivity contribution in [1.82, 2.24) is 0 Å². The summed E-state index contributed by atoms with van der Waals surface area (Å²) in [5.41, 5.74) is 6.82. The van der Waals surface area contributed by atoms with Gasteiger partial charge in [-0.3, -0.25) is 4.79 Å². The van der Waals surface area contributed by atoms with E-state index in [9.17, 15) is 4.79 Å². The highest BCUT2D eigenvalue weighted by atomic mass is 16.1. The summed E-state index contributed by atoms with van der Waals surface area (Å²) in [5, 5.41) is 2.02. The van der Waals surface area contributed by atoms with Crippen molar-refractivity contribution in [2.24, 2.45) is 0 Å². The van der Waals surface area contributed by atoms with Crippen LogP contribution in [0.1, 0.15) is 16.8 Å². The molecule has 0 aromatic heterocycles. The van der Waals surface area contributed by atoms with Crippen molar-refractivity contribution in [1.29, 1.82) is 0 Å². The van der Waals surface area contributed by atoms with E-state index in [0.717, 1.165) is 10.8 Å². The molecule has 0 saturated carbocycles. The molecule has 2 aromatic rings. The number of benzene rings is 2.